The van der Waals surface area contributed by atoms with Gasteiger partial charge in [-0.1, -0.05) is 27.5 Å². The molecule has 2 aromatic carbocycles. The van der Waals surface area contributed by atoms with Crippen molar-refractivity contribution < 1.29 is 9.18 Å². The standard InChI is InChI=1S/C20H16BrClFN3O/c1-12-9-15(11-24-25-20(27)14-3-6-17(22)7-4-14)13(2)26(12)19-8-5-16(21)10-18(19)23/h3-11H,1-2H3,(H,25,27)/b24-11-. The first-order valence-corrected chi connectivity index (χ1v) is 9.27. The van der Waals surface area contributed by atoms with E-state index < -0.39 is 0 Å². The Hall–Kier alpha value is -2.44. The minimum Gasteiger partial charge on any atom is -0.315 e. The molecule has 27 heavy (non-hydrogen) atoms. The molecule has 0 aliphatic rings. The van der Waals surface area contributed by atoms with Gasteiger partial charge in [-0.05, 0) is 62.4 Å². The van der Waals surface area contributed by atoms with Gasteiger partial charge in [0.2, 0.25) is 0 Å². The number of aromatic nitrogens is 1. The summed E-state index contributed by atoms with van der Waals surface area (Å²) in [6.07, 6.45) is 1.55. The third kappa shape index (κ3) is 4.28. The normalized spacial score (nSPS) is 11.1. The van der Waals surface area contributed by atoms with E-state index in [0.29, 0.717) is 20.7 Å². The molecule has 0 fully saturated rings. The largest absolute Gasteiger partial charge is 0.315 e. The average molecular weight is 449 g/mol. The summed E-state index contributed by atoms with van der Waals surface area (Å²) in [5, 5.41) is 4.57. The minimum atomic E-state index is -0.337. The van der Waals surface area contributed by atoms with Crippen LogP contribution in [-0.2, 0) is 0 Å². The Morgan fingerprint density at radius 1 is 1.19 bits per heavy atom. The van der Waals surface area contributed by atoms with E-state index >= 15 is 0 Å². The number of hydrazone groups is 1. The molecular weight excluding hydrogens is 433 g/mol. The van der Waals surface area contributed by atoms with Crippen LogP contribution in [0.3, 0.4) is 0 Å². The van der Waals surface area contributed by atoms with Crippen LogP contribution in [0.2, 0.25) is 5.02 Å². The van der Waals surface area contributed by atoms with Crippen molar-refractivity contribution in [1.82, 2.24) is 9.99 Å². The molecular formula is C20H16BrClFN3O. The third-order valence-corrected chi connectivity index (χ3v) is 4.84. The predicted octanol–water partition coefficient (Wildman–Crippen LogP) is 5.41. The van der Waals surface area contributed by atoms with Crippen LogP contribution in [0.15, 0.2) is 58.1 Å². The van der Waals surface area contributed by atoms with Crippen LogP contribution in [0.25, 0.3) is 5.69 Å². The zero-order valence-corrected chi connectivity index (χ0v) is 17.0. The summed E-state index contributed by atoms with van der Waals surface area (Å²) in [4.78, 5) is 12.1. The fraction of sp³-hybridized carbons (Fsp3) is 0.100. The van der Waals surface area contributed by atoms with Crippen LogP contribution in [-0.4, -0.2) is 16.7 Å². The lowest BCUT2D eigenvalue weighted by atomic mass is 10.2. The Morgan fingerprint density at radius 3 is 2.56 bits per heavy atom. The van der Waals surface area contributed by atoms with Gasteiger partial charge >= 0.3 is 0 Å². The molecule has 7 heteroatoms. The van der Waals surface area contributed by atoms with Crippen molar-refractivity contribution in [2.24, 2.45) is 5.10 Å². The lowest BCUT2D eigenvalue weighted by molar-refractivity contribution is 0.0955. The first-order chi connectivity index (χ1) is 12.9. The number of carbonyl (C=O) groups is 1. The van der Waals surface area contributed by atoms with Gasteiger partial charge in [0.1, 0.15) is 5.82 Å². The van der Waals surface area contributed by atoms with E-state index in [9.17, 15) is 9.18 Å². The molecule has 1 amide bonds. The van der Waals surface area contributed by atoms with Gasteiger partial charge < -0.3 is 4.57 Å². The van der Waals surface area contributed by atoms with Gasteiger partial charge in [-0.15, -0.1) is 0 Å². The Kier molecular flexibility index (Phi) is 5.77. The number of nitrogens with one attached hydrogen (secondary N) is 1. The van der Waals surface area contributed by atoms with Crippen LogP contribution in [0, 0.1) is 19.7 Å². The highest BCUT2D eigenvalue weighted by atomic mass is 79.9. The number of halogens is 3. The predicted molar refractivity (Wildman–Crippen MR) is 109 cm³/mol. The topological polar surface area (TPSA) is 46.4 Å². The summed E-state index contributed by atoms with van der Waals surface area (Å²) in [7, 11) is 0. The molecule has 3 rings (SSSR count). The lowest BCUT2D eigenvalue weighted by Gasteiger charge is -2.11. The van der Waals surface area contributed by atoms with E-state index in [0.717, 1.165) is 17.0 Å². The fourth-order valence-electron chi connectivity index (χ4n) is 2.78. The molecule has 138 valence electrons. The van der Waals surface area contributed by atoms with Gasteiger partial charge in [0.15, 0.2) is 0 Å². The number of carbonyl (C=O) groups excluding carboxylic acids is 1. The average Bonchev–Trinajstić information content (AvgIpc) is 2.90. The maximum Gasteiger partial charge on any atom is 0.271 e. The highest BCUT2D eigenvalue weighted by Crippen LogP contribution is 2.24. The second-order valence-corrected chi connectivity index (χ2v) is 7.32. The second-order valence-electron chi connectivity index (χ2n) is 5.96. The summed E-state index contributed by atoms with van der Waals surface area (Å²) in [6, 6.07) is 13.3. The molecule has 0 aliphatic heterocycles. The van der Waals surface area contributed by atoms with Crippen molar-refractivity contribution in [1.29, 1.82) is 0 Å². The molecule has 0 radical (unpaired) electrons. The maximum absolute atomic E-state index is 14.3. The fourth-order valence-corrected chi connectivity index (χ4v) is 3.24. The Balaban J connectivity index is 1.81. The lowest BCUT2D eigenvalue weighted by Crippen LogP contribution is -2.17. The summed E-state index contributed by atoms with van der Waals surface area (Å²) >= 11 is 9.08. The second kappa shape index (κ2) is 8.06. The van der Waals surface area contributed by atoms with E-state index in [1.54, 1.807) is 42.6 Å². The number of hydrogen-bond donors (Lipinski definition) is 1. The van der Waals surface area contributed by atoms with Gasteiger partial charge in [-0.2, -0.15) is 5.10 Å². The number of benzene rings is 2. The van der Waals surface area contributed by atoms with Crippen LogP contribution >= 0.6 is 27.5 Å². The van der Waals surface area contributed by atoms with Crippen molar-refractivity contribution in [3.8, 4) is 5.69 Å². The van der Waals surface area contributed by atoms with Crippen LogP contribution in [0.5, 0.6) is 0 Å². The van der Waals surface area contributed by atoms with E-state index in [1.165, 1.54) is 6.07 Å². The van der Waals surface area contributed by atoms with Gasteiger partial charge in [0.25, 0.3) is 5.91 Å². The molecule has 0 saturated carbocycles. The minimum absolute atomic E-state index is 0.328. The van der Waals surface area contributed by atoms with Crippen molar-refractivity contribution in [2.45, 2.75) is 13.8 Å². The van der Waals surface area contributed by atoms with Crippen LogP contribution < -0.4 is 5.43 Å². The van der Waals surface area contributed by atoms with Gasteiger partial charge in [0.05, 0.1) is 11.9 Å². The molecule has 4 nitrogen and oxygen atoms in total. The Morgan fingerprint density at radius 2 is 1.89 bits per heavy atom. The molecule has 1 heterocycles. The van der Waals surface area contributed by atoms with Crippen LogP contribution in [0.1, 0.15) is 27.3 Å². The van der Waals surface area contributed by atoms with E-state index in [2.05, 4.69) is 26.5 Å². The summed E-state index contributed by atoms with van der Waals surface area (Å²) in [5.41, 5.74) is 5.85. The van der Waals surface area contributed by atoms with Crippen LogP contribution in [0.4, 0.5) is 4.39 Å². The zero-order valence-electron chi connectivity index (χ0n) is 14.6. The molecule has 0 atom stereocenters. The van der Waals surface area contributed by atoms with E-state index in [-0.39, 0.29) is 11.7 Å². The molecule has 1 N–H and O–H groups in total. The quantitative estimate of drug-likeness (QED) is 0.421. The maximum atomic E-state index is 14.3. The van der Waals surface area contributed by atoms with Gasteiger partial charge in [-0.3, -0.25) is 4.79 Å². The number of hydrogen-bond acceptors (Lipinski definition) is 2. The number of aryl methyl sites for hydroxylation is 1. The molecule has 0 unspecified atom stereocenters. The molecule has 3 aromatic rings. The summed E-state index contributed by atoms with van der Waals surface area (Å²) in [5.74, 6) is -0.665. The molecule has 0 aliphatic carbocycles. The van der Waals surface area contributed by atoms with Crippen molar-refractivity contribution in [3.63, 3.8) is 0 Å². The molecule has 1 aromatic heterocycles. The van der Waals surface area contributed by atoms with E-state index in [1.807, 2.05) is 24.5 Å². The first-order valence-electron chi connectivity index (χ1n) is 8.10. The van der Waals surface area contributed by atoms with Gasteiger partial charge in [0, 0.05) is 32.0 Å². The highest BCUT2D eigenvalue weighted by Gasteiger charge is 2.13. The number of nitrogens with zero attached hydrogens (tertiary/aromatic N) is 2. The molecule has 0 spiro atoms. The Labute approximate surface area is 169 Å². The number of rotatable bonds is 4. The smallest absolute Gasteiger partial charge is 0.271 e. The van der Waals surface area contributed by atoms with E-state index in [4.69, 9.17) is 11.6 Å². The number of amides is 1. The highest BCUT2D eigenvalue weighted by molar-refractivity contribution is 9.10. The van der Waals surface area contributed by atoms with Crippen molar-refractivity contribution >= 4 is 39.7 Å². The van der Waals surface area contributed by atoms with Crippen molar-refractivity contribution in [3.05, 3.63) is 86.4 Å². The zero-order chi connectivity index (χ0) is 19.6. The summed E-state index contributed by atoms with van der Waals surface area (Å²) in [6.45, 7) is 3.76. The third-order valence-electron chi connectivity index (χ3n) is 4.10. The van der Waals surface area contributed by atoms with Gasteiger partial charge in [-0.25, -0.2) is 9.82 Å². The monoisotopic (exact) mass is 447 g/mol. The SMILES string of the molecule is Cc1cc(/C=N\NC(=O)c2ccc(Cl)cc2)c(C)n1-c1ccc(Br)cc1F. The summed E-state index contributed by atoms with van der Waals surface area (Å²) < 4.78 is 16.8. The first kappa shape index (κ1) is 19.3. The molecule has 0 saturated heterocycles. The Bertz CT molecular complexity index is 1030. The molecule has 0 bridgehead atoms. The van der Waals surface area contributed by atoms with Crippen molar-refractivity contribution in [2.75, 3.05) is 0 Å².